The Balaban J connectivity index is 1.85. The second kappa shape index (κ2) is 5.40. The molecule has 4 aromatic rings. The van der Waals surface area contributed by atoms with Crippen molar-refractivity contribution >= 4 is 60.7 Å². The number of fused-ring (bicyclic) bond motifs is 2. The fraction of sp³-hybridized carbons (Fsp3) is 0. The molecule has 126 valence electrons. The Morgan fingerprint density at radius 1 is 0.885 bits per heavy atom. The summed E-state index contributed by atoms with van der Waals surface area (Å²) in [6.07, 6.45) is 1.75. The number of nitrogens with one attached hydrogen (secondary N) is 3. The molecule has 26 heavy (non-hydrogen) atoms. The molecule has 0 saturated heterocycles. The Morgan fingerprint density at radius 2 is 1.69 bits per heavy atom. The van der Waals surface area contributed by atoms with Gasteiger partial charge in [-0.2, -0.15) is 5.10 Å². The number of carbonyl (C=O) groups is 2. The van der Waals surface area contributed by atoms with Gasteiger partial charge in [-0.05, 0) is 24.3 Å². The zero-order valence-corrected chi connectivity index (χ0v) is 14.8. The van der Waals surface area contributed by atoms with Gasteiger partial charge >= 0.3 is 0 Å². The van der Waals surface area contributed by atoms with Crippen LogP contribution in [0.15, 0.2) is 53.1 Å². The summed E-state index contributed by atoms with van der Waals surface area (Å²) in [7, 11) is 0. The maximum atomic E-state index is 12.6. The average molecular weight is 407 g/mol. The van der Waals surface area contributed by atoms with Crippen molar-refractivity contribution in [2.24, 2.45) is 0 Å². The van der Waals surface area contributed by atoms with Crippen molar-refractivity contribution in [2.75, 3.05) is 0 Å². The van der Waals surface area contributed by atoms with E-state index in [1.165, 1.54) is 0 Å². The van der Waals surface area contributed by atoms with Crippen molar-refractivity contribution in [2.45, 2.75) is 0 Å². The molecule has 2 amide bonds. The molecule has 5 rings (SSSR count). The SMILES string of the molecule is O=C1NC(=O)C(c2n[nH]c3ccccc23)=C1c1c[nH]c2ccc(Br)cc12. The number of aromatic nitrogens is 3. The molecule has 2 aromatic carbocycles. The molecular formula is C19H11BrN4O2. The van der Waals surface area contributed by atoms with E-state index in [2.05, 4.69) is 36.4 Å². The third-order valence-electron chi connectivity index (χ3n) is 4.55. The van der Waals surface area contributed by atoms with Crippen LogP contribution in [0.1, 0.15) is 11.3 Å². The van der Waals surface area contributed by atoms with E-state index < -0.39 is 11.8 Å². The molecule has 0 spiro atoms. The summed E-state index contributed by atoms with van der Waals surface area (Å²) in [5, 5.41) is 11.3. The predicted octanol–water partition coefficient (Wildman–Crippen LogP) is 3.37. The molecule has 3 N–H and O–H groups in total. The smallest absolute Gasteiger partial charge is 0.261 e. The number of halogens is 1. The predicted molar refractivity (Wildman–Crippen MR) is 102 cm³/mol. The Hall–Kier alpha value is -3.19. The summed E-state index contributed by atoms with van der Waals surface area (Å²) < 4.78 is 0.892. The lowest BCUT2D eigenvalue weighted by molar-refractivity contribution is -0.122. The fourth-order valence-electron chi connectivity index (χ4n) is 3.39. The first-order chi connectivity index (χ1) is 12.6. The van der Waals surface area contributed by atoms with Crippen molar-refractivity contribution in [3.05, 3.63) is 64.4 Å². The van der Waals surface area contributed by atoms with E-state index >= 15 is 0 Å². The molecule has 0 unspecified atom stereocenters. The van der Waals surface area contributed by atoms with Crippen molar-refractivity contribution in [1.29, 1.82) is 0 Å². The normalized spacial score (nSPS) is 14.7. The van der Waals surface area contributed by atoms with Crippen LogP contribution in [-0.4, -0.2) is 27.0 Å². The van der Waals surface area contributed by atoms with Crippen LogP contribution in [0.4, 0.5) is 0 Å². The highest BCUT2D eigenvalue weighted by Crippen LogP contribution is 2.37. The number of amides is 2. The summed E-state index contributed by atoms with van der Waals surface area (Å²) in [6, 6.07) is 13.3. The van der Waals surface area contributed by atoms with Crippen molar-refractivity contribution < 1.29 is 9.59 Å². The molecule has 1 aliphatic heterocycles. The van der Waals surface area contributed by atoms with Crippen molar-refractivity contribution in [3.8, 4) is 0 Å². The second-order valence-corrected chi connectivity index (χ2v) is 6.96. The fourth-order valence-corrected chi connectivity index (χ4v) is 3.75. The Morgan fingerprint density at radius 3 is 2.58 bits per heavy atom. The van der Waals surface area contributed by atoms with Gasteiger partial charge in [-0.25, -0.2) is 0 Å². The molecule has 6 nitrogen and oxygen atoms in total. The van der Waals surface area contributed by atoms with E-state index in [1.54, 1.807) is 6.20 Å². The van der Waals surface area contributed by atoms with Crippen LogP contribution < -0.4 is 5.32 Å². The van der Waals surface area contributed by atoms with Crippen molar-refractivity contribution in [1.82, 2.24) is 20.5 Å². The second-order valence-electron chi connectivity index (χ2n) is 6.04. The first kappa shape index (κ1) is 15.1. The third-order valence-corrected chi connectivity index (χ3v) is 5.04. The van der Waals surface area contributed by atoms with Gasteiger partial charge in [0.05, 0.1) is 16.7 Å². The number of hydrogen-bond acceptors (Lipinski definition) is 3. The number of para-hydroxylation sites is 1. The van der Waals surface area contributed by atoms with Gasteiger partial charge in [0, 0.05) is 32.5 Å². The zero-order chi connectivity index (χ0) is 17.8. The van der Waals surface area contributed by atoms with E-state index in [0.717, 1.165) is 26.3 Å². The van der Waals surface area contributed by atoms with Gasteiger partial charge < -0.3 is 4.98 Å². The molecule has 0 radical (unpaired) electrons. The van der Waals surface area contributed by atoms with Crippen LogP contribution in [0.3, 0.4) is 0 Å². The summed E-state index contributed by atoms with van der Waals surface area (Å²) in [5.41, 5.74) is 3.46. The number of nitrogens with zero attached hydrogens (tertiary/aromatic N) is 1. The Kier molecular flexibility index (Phi) is 3.14. The molecule has 0 aliphatic carbocycles. The van der Waals surface area contributed by atoms with Crippen LogP contribution in [0.25, 0.3) is 33.0 Å². The van der Waals surface area contributed by atoms with Gasteiger partial charge in [0.2, 0.25) is 0 Å². The average Bonchev–Trinajstić information content (AvgIpc) is 3.29. The van der Waals surface area contributed by atoms with E-state index in [4.69, 9.17) is 0 Å². The van der Waals surface area contributed by atoms with Gasteiger partial charge in [-0.15, -0.1) is 0 Å². The molecule has 0 atom stereocenters. The highest BCUT2D eigenvalue weighted by molar-refractivity contribution is 9.10. The van der Waals surface area contributed by atoms with Crippen LogP contribution in [0.5, 0.6) is 0 Å². The first-order valence-corrected chi connectivity index (χ1v) is 8.73. The van der Waals surface area contributed by atoms with Crippen LogP contribution in [-0.2, 0) is 9.59 Å². The Labute approximate surface area is 155 Å². The van der Waals surface area contributed by atoms with E-state index in [9.17, 15) is 9.59 Å². The van der Waals surface area contributed by atoms with E-state index in [1.807, 2.05) is 42.5 Å². The first-order valence-electron chi connectivity index (χ1n) is 7.94. The van der Waals surface area contributed by atoms with Crippen LogP contribution in [0.2, 0.25) is 0 Å². The van der Waals surface area contributed by atoms with Crippen molar-refractivity contribution in [3.63, 3.8) is 0 Å². The van der Waals surface area contributed by atoms with Gasteiger partial charge in [0.1, 0.15) is 5.69 Å². The summed E-state index contributed by atoms with van der Waals surface area (Å²) >= 11 is 3.46. The molecule has 7 heteroatoms. The maximum absolute atomic E-state index is 12.6. The number of benzene rings is 2. The largest absolute Gasteiger partial charge is 0.361 e. The summed E-state index contributed by atoms with van der Waals surface area (Å²) in [4.78, 5) is 28.3. The molecule has 1 aliphatic rings. The number of rotatable bonds is 2. The molecule has 0 fully saturated rings. The lowest BCUT2D eigenvalue weighted by Gasteiger charge is -2.02. The minimum Gasteiger partial charge on any atom is -0.361 e. The van der Waals surface area contributed by atoms with Gasteiger partial charge in [0.15, 0.2) is 0 Å². The molecular weight excluding hydrogens is 396 g/mol. The standard InChI is InChI=1S/C19H11BrN4O2/c20-9-5-6-13-11(7-9)12(8-21-13)15-16(19(26)22-18(15)25)17-10-3-1-2-4-14(10)23-24-17/h1-8,21H,(H,23,24)(H,22,25,26). The zero-order valence-electron chi connectivity index (χ0n) is 13.3. The highest BCUT2D eigenvalue weighted by atomic mass is 79.9. The minimum absolute atomic E-state index is 0.285. The van der Waals surface area contributed by atoms with E-state index in [0.29, 0.717) is 16.8 Å². The highest BCUT2D eigenvalue weighted by Gasteiger charge is 2.35. The van der Waals surface area contributed by atoms with Gasteiger partial charge in [-0.1, -0.05) is 34.1 Å². The summed E-state index contributed by atoms with van der Waals surface area (Å²) in [5.74, 6) is -0.857. The number of aromatic amines is 2. The number of H-pyrrole nitrogens is 2. The third kappa shape index (κ3) is 2.07. The molecule has 0 bridgehead atoms. The van der Waals surface area contributed by atoms with Gasteiger partial charge in [0.25, 0.3) is 11.8 Å². The number of hydrogen-bond donors (Lipinski definition) is 3. The van der Waals surface area contributed by atoms with Crippen LogP contribution >= 0.6 is 15.9 Å². The monoisotopic (exact) mass is 406 g/mol. The van der Waals surface area contributed by atoms with E-state index in [-0.39, 0.29) is 5.57 Å². The Bertz CT molecular complexity index is 1270. The quantitative estimate of drug-likeness (QED) is 0.445. The summed E-state index contributed by atoms with van der Waals surface area (Å²) in [6.45, 7) is 0. The number of imide groups is 1. The maximum Gasteiger partial charge on any atom is 0.261 e. The lowest BCUT2D eigenvalue weighted by atomic mass is 9.97. The molecule has 0 saturated carbocycles. The topological polar surface area (TPSA) is 90.6 Å². The van der Waals surface area contributed by atoms with Gasteiger partial charge in [-0.3, -0.25) is 20.0 Å². The minimum atomic E-state index is -0.438. The lowest BCUT2D eigenvalue weighted by Crippen LogP contribution is -2.22. The molecule has 3 heterocycles. The van der Waals surface area contributed by atoms with Crippen LogP contribution in [0, 0.1) is 0 Å². The number of carbonyl (C=O) groups excluding carboxylic acids is 2. The molecule has 2 aromatic heterocycles.